The second kappa shape index (κ2) is 7.86. The largest absolute Gasteiger partial charge is 0.497 e. The summed E-state index contributed by atoms with van der Waals surface area (Å²) in [6, 6.07) is 13.2. The summed E-state index contributed by atoms with van der Waals surface area (Å²) in [4.78, 5) is 4.28. The molecular weight excluding hydrogens is 401 g/mol. The first-order chi connectivity index (χ1) is 10.7. The van der Waals surface area contributed by atoms with Crippen LogP contribution in [0.1, 0.15) is 18.9 Å². The normalized spacial score (nSPS) is 19.9. The van der Waals surface area contributed by atoms with E-state index in [2.05, 4.69) is 52.9 Å². The Labute approximate surface area is 154 Å². The summed E-state index contributed by atoms with van der Waals surface area (Å²) >= 11 is 0. The van der Waals surface area contributed by atoms with E-state index in [0.29, 0.717) is 6.04 Å². The summed E-state index contributed by atoms with van der Waals surface area (Å²) in [6.07, 6.45) is 1.23. The Bertz CT molecular complexity index is 702. The number of hydrogen-bond donors (Lipinski definition) is 2. The van der Waals surface area contributed by atoms with E-state index in [-0.39, 0.29) is 24.0 Å². The van der Waals surface area contributed by atoms with Crippen LogP contribution in [0.3, 0.4) is 0 Å². The van der Waals surface area contributed by atoms with Crippen molar-refractivity contribution in [1.82, 2.24) is 10.6 Å². The third-order valence-electron chi connectivity index (χ3n) is 4.23. The van der Waals surface area contributed by atoms with Crippen LogP contribution in [0.4, 0.5) is 0 Å². The number of methoxy groups -OCH3 is 1. The summed E-state index contributed by atoms with van der Waals surface area (Å²) < 4.78 is 5.26. The van der Waals surface area contributed by atoms with Crippen molar-refractivity contribution in [3.63, 3.8) is 0 Å². The standard InChI is InChI=1S/C18H23N3O.HI/c1-12-8-17(12)21-18(19-2)20-11-13-4-5-15-10-16(22-3)7-6-14(15)9-13;/h4-7,9-10,12,17H,8,11H2,1-3H3,(H2,19,20,21);1H. The number of nitrogens with one attached hydrogen (secondary N) is 2. The van der Waals surface area contributed by atoms with Crippen LogP contribution >= 0.6 is 24.0 Å². The van der Waals surface area contributed by atoms with Gasteiger partial charge >= 0.3 is 0 Å². The first-order valence-corrected chi connectivity index (χ1v) is 7.73. The van der Waals surface area contributed by atoms with E-state index in [4.69, 9.17) is 4.74 Å². The number of benzene rings is 2. The average Bonchev–Trinajstić information content (AvgIpc) is 3.25. The summed E-state index contributed by atoms with van der Waals surface area (Å²) in [5.41, 5.74) is 1.24. The first-order valence-electron chi connectivity index (χ1n) is 7.73. The molecule has 2 unspecified atom stereocenters. The van der Waals surface area contributed by atoms with E-state index < -0.39 is 0 Å². The molecule has 1 aliphatic carbocycles. The highest BCUT2D eigenvalue weighted by Crippen LogP contribution is 2.28. The van der Waals surface area contributed by atoms with Crippen LogP contribution in [0.25, 0.3) is 10.8 Å². The van der Waals surface area contributed by atoms with Gasteiger partial charge in [-0.1, -0.05) is 25.1 Å². The van der Waals surface area contributed by atoms with Crippen molar-refractivity contribution in [3.05, 3.63) is 42.0 Å². The predicted octanol–water partition coefficient (Wildman–Crippen LogP) is 3.54. The van der Waals surface area contributed by atoms with Gasteiger partial charge in [-0.15, -0.1) is 24.0 Å². The van der Waals surface area contributed by atoms with E-state index >= 15 is 0 Å². The molecule has 0 heterocycles. The molecule has 0 amide bonds. The van der Waals surface area contributed by atoms with Crippen molar-refractivity contribution in [3.8, 4) is 5.75 Å². The van der Waals surface area contributed by atoms with Crippen molar-refractivity contribution in [1.29, 1.82) is 0 Å². The topological polar surface area (TPSA) is 45.7 Å². The van der Waals surface area contributed by atoms with E-state index in [1.54, 1.807) is 7.11 Å². The average molecular weight is 425 g/mol. The quantitative estimate of drug-likeness (QED) is 0.448. The molecule has 2 aromatic rings. The number of nitrogens with zero attached hydrogens (tertiary/aromatic N) is 1. The highest BCUT2D eigenvalue weighted by atomic mass is 127. The van der Waals surface area contributed by atoms with Gasteiger partial charge in [0, 0.05) is 19.6 Å². The van der Waals surface area contributed by atoms with Crippen LogP contribution in [0, 0.1) is 5.92 Å². The highest BCUT2D eigenvalue weighted by molar-refractivity contribution is 14.0. The van der Waals surface area contributed by atoms with Crippen LogP contribution < -0.4 is 15.4 Å². The summed E-state index contributed by atoms with van der Waals surface area (Å²) in [7, 11) is 3.51. The minimum Gasteiger partial charge on any atom is -0.497 e. The number of aliphatic imine (C=N–C) groups is 1. The summed E-state index contributed by atoms with van der Waals surface area (Å²) in [5, 5.41) is 9.23. The number of rotatable bonds is 4. The number of halogens is 1. The molecule has 2 atom stereocenters. The smallest absolute Gasteiger partial charge is 0.191 e. The molecule has 3 rings (SSSR count). The maximum atomic E-state index is 5.26. The Balaban J connectivity index is 0.00000192. The van der Waals surface area contributed by atoms with Crippen molar-refractivity contribution in [2.45, 2.75) is 25.9 Å². The fraction of sp³-hybridized carbons (Fsp3) is 0.389. The van der Waals surface area contributed by atoms with Crippen LogP contribution in [0.2, 0.25) is 0 Å². The molecular formula is C18H24IN3O. The van der Waals surface area contributed by atoms with Gasteiger partial charge in [-0.25, -0.2) is 0 Å². The third-order valence-corrected chi connectivity index (χ3v) is 4.23. The Morgan fingerprint density at radius 2 is 1.91 bits per heavy atom. The maximum absolute atomic E-state index is 5.26. The van der Waals surface area contributed by atoms with E-state index in [9.17, 15) is 0 Å². The summed E-state index contributed by atoms with van der Waals surface area (Å²) in [6.45, 7) is 3.02. The molecule has 4 nitrogen and oxygen atoms in total. The van der Waals surface area contributed by atoms with Gasteiger partial charge in [0.15, 0.2) is 5.96 Å². The SMILES string of the molecule is CN=C(NCc1ccc2cc(OC)ccc2c1)NC1CC1C.I. The van der Waals surface area contributed by atoms with Gasteiger partial charge < -0.3 is 15.4 Å². The van der Waals surface area contributed by atoms with Crippen molar-refractivity contribution in [2.75, 3.05) is 14.2 Å². The van der Waals surface area contributed by atoms with Crippen LogP contribution in [0.5, 0.6) is 5.75 Å². The fourth-order valence-corrected chi connectivity index (χ4v) is 2.59. The Kier molecular flexibility index (Phi) is 6.10. The zero-order valence-corrected chi connectivity index (χ0v) is 16.1. The molecule has 0 saturated heterocycles. The Morgan fingerprint density at radius 3 is 2.57 bits per heavy atom. The van der Waals surface area contributed by atoms with E-state index in [1.807, 2.05) is 13.1 Å². The monoisotopic (exact) mass is 425 g/mol. The predicted molar refractivity (Wildman–Crippen MR) is 107 cm³/mol. The van der Waals surface area contributed by atoms with Crippen LogP contribution in [0.15, 0.2) is 41.4 Å². The molecule has 2 aromatic carbocycles. The lowest BCUT2D eigenvalue weighted by Crippen LogP contribution is -2.38. The Hall–Kier alpha value is -1.50. The minimum absolute atomic E-state index is 0. The second-order valence-electron chi connectivity index (χ2n) is 5.94. The molecule has 1 saturated carbocycles. The van der Waals surface area contributed by atoms with Gasteiger partial charge in [-0.05, 0) is 46.9 Å². The van der Waals surface area contributed by atoms with Gasteiger partial charge in [0.2, 0.25) is 0 Å². The lowest BCUT2D eigenvalue weighted by Gasteiger charge is -2.12. The highest BCUT2D eigenvalue weighted by Gasteiger charge is 2.33. The van der Waals surface area contributed by atoms with Crippen LogP contribution in [-0.4, -0.2) is 26.2 Å². The van der Waals surface area contributed by atoms with E-state index in [0.717, 1.165) is 24.2 Å². The number of ether oxygens (including phenoxy) is 1. The zero-order chi connectivity index (χ0) is 15.5. The molecule has 2 N–H and O–H groups in total. The van der Waals surface area contributed by atoms with Crippen molar-refractivity contribution in [2.24, 2.45) is 10.9 Å². The molecule has 1 aliphatic rings. The van der Waals surface area contributed by atoms with Crippen molar-refractivity contribution < 1.29 is 4.74 Å². The molecule has 0 aromatic heterocycles. The second-order valence-corrected chi connectivity index (χ2v) is 5.94. The molecule has 0 radical (unpaired) electrons. The zero-order valence-electron chi connectivity index (χ0n) is 13.8. The fourth-order valence-electron chi connectivity index (χ4n) is 2.59. The number of guanidine groups is 1. The lowest BCUT2D eigenvalue weighted by atomic mass is 10.1. The summed E-state index contributed by atoms with van der Waals surface area (Å²) in [5.74, 6) is 2.53. The minimum atomic E-state index is 0. The lowest BCUT2D eigenvalue weighted by molar-refractivity contribution is 0.415. The molecule has 124 valence electrons. The number of fused-ring (bicyclic) bond motifs is 1. The van der Waals surface area contributed by atoms with Gasteiger partial charge in [0.05, 0.1) is 7.11 Å². The Morgan fingerprint density at radius 1 is 1.22 bits per heavy atom. The maximum Gasteiger partial charge on any atom is 0.191 e. The number of hydrogen-bond acceptors (Lipinski definition) is 2. The molecule has 1 fully saturated rings. The molecule has 0 aliphatic heterocycles. The molecule has 5 heteroatoms. The van der Waals surface area contributed by atoms with Gasteiger partial charge in [0.25, 0.3) is 0 Å². The van der Waals surface area contributed by atoms with E-state index in [1.165, 1.54) is 22.8 Å². The van der Waals surface area contributed by atoms with Gasteiger partial charge in [-0.3, -0.25) is 4.99 Å². The first kappa shape index (κ1) is 17.8. The molecule has 23 heavy (non-hydrogen) atoms. The van der Waals surface area contributed by atoms with Crippen molar-refractivity contribution >= 4 is 40.7 Å². The van der Waals surface area contributed by atoms with Crippen LogP contribution in [-0.2, 0) is 6.54 Å². The third kappa shape index (κ3) is 4.50. The molecule has 0 bridgehead atoms. The van der Waals surface area contributed by atoms with Gasteiger partial charge in [0.1, 0.15) is 5.75 Å². The molecule has 0 spiro atoms. The van der Waals surface area contributed by atoms with Gasteiger partial charge in [-0.2, -0.15) is 0 Å².